The van der Waals surface area contributed by atoms with Gasteiger partial charge in [0.05, 0.1) is 11.4 Å². The Balaban J connectivity index is 1.31. The Labute approximate surface area is 201 Å². The van der Waals surface area contributed by atoms with Crippen LogP contribution in [0.5, 0.6) is 11.5 Å². The molecule has 0 aliphatic carbocycles. The first-order valence-electron chi connectivity index (χ1n) is 11.0. The third-order valence-electron chi connectivity index (χ3n) is 6.01. The molecule has 0 N–H and O–H groups in total. The summed E-state index contributed by atoms with van der Waals surface area (Å²) < 4.78 is 14.7. The van der Waals surface area contributed by atoms with Crippen LogP contribution < -0.4 is 9.47 Å². The molecule has 0 radical (unpaired) electrons. The molecule has 0 atom stereocenters. The van der Waals surface area contributed by atoms with Crippen LogP contribution in [0.1, 0.15) is 38.4 Å². The highest BCUT2D eigenvalue weighted by molar-refractivity contribution is 7.99. The van der Waals surface area contributed by atoms with Gasteiger partial charge in [0.15, 0.2) is 17.3 Å². The number of aromatic nitrogens is 5. The normalized spacial score (nSPS) is 12.4. The van der Waals surface area contributed by atoms with Crippen molar-refractivity contribution in [2.75, 3.05) is 12.5 Å². The Bertz CT molecular complexity index is 1390. The fraction of sp³-hybridized carbons (Fsp3) is 0.280. The van der Waals surface area contributed by atoms with Crippen LogP contribution in [0.25, 0.3) is 5.69 Å². The van der Waals surface area contributed by atoms with Crippen molar-refractivity contribution in [1.82, 2.24) is 24.8 Å². The average Bonchev–Trinajstić information content (AvgIpc) is 3.53. The number of benzene rings is 2. The molecule has 3 heterocycles. The van der Waals surface area contributed by atoms with Gasteiger partial charge in [0.2, 0.25) is 11.9 Å². The summed E-state index contributed by atoms with van der Waals surface area (Å²) in [5, 5.41) is 12.7. The zero-order chi connectivity index (χ0) is 23.8. The fourth-order valence-corrected chi connectivity index (χ4v) is 4.99. The minimum atomic E-state index is 0.0465. The van der Waals surface area contributed by atoms with E-state index in [-0.39, 0.29) is 18.3 Å². The van der Waals surface area contributed by atoms with Crippen molar-refractivity contribution in [3.63, 3.8) is 0 Å². The monoisotopic (exact) mass is 475 g/mol. The van der Waals surface area contributed by atoms with Crippen LogP contribution in [0, 0.1) is 27.7 Å². The number of hydrogen-bond acceptors (Lipinski definition) is 7. The molecular formula is C25H25N5O3S. The standard InChI is InChI=1S/C25H25N5O3S/c1-15-5-7-21(16(2)9-15)30-25(26-27-28-30)34-13-22(31)20-10-17(3)29(18(20)4)12-19-6-8-23-24(11-19)33-14-32-23/h5-11H,12-14H2,1-4H3. The molecule has 9 heteroatoms. The van der Waals surface area contributed by atoms with E-state index in [9.17, 15) is 4.79 Å². The Morgan fingerprint density at radius 2 is 1.85 bits per heavy atom. The molecule has 0 spiro atoms. The minimum Gasteiger partial charge on any atom is -0.454 e. The summed E-state index contributed by atoms with van der Waals surface area (Å²) in [5.74, 6) is 1.82. The van der Waals surface area contributed by atoms with Crippen LogP contribution in [0.15, 0.2) is 47.6 Å². The van der Waals surface area contributed by atoms with E-state index >= 15 is 0 Å². The first kappa shape index (κ1) is 22.2. The zero-order valence-corrected chi connectivity index (χ0v) is 20.3. The van der Waals surface area contributed by atoms with E-state index in [4.69, 9.17) is 9.47 Å². The summed E-state index contributed by atoms with van der Waals surface area (Å²) in [6.07, 6.45) is 0. The lowest BCUT2D eigenvalue weighted by Crippen LogP contribution is -2.08. The molecule has 0 amide bonds. The quantitative estimate of drug-likeness (QED) is 0.288. The molecule has 0 saturated heterocycles. The van der Waals surface area contributed by atoms with Crippen LogP contribution in [-0.2, 0) is 6.54 Å². The number of rotatable bonds is 7. The van der Waals surface area contributed by atoms with Crippen LogP contribution in [-0.4, -0.2) is 43.1 Å². The summed E-state index contributed by atoms with van der Waals surface area (Å²) in [6.45, 7) is 8.98. The molecule has 1 aliphatic rings. The van der Waals surface area contributed by atoms with E-state index in [2.05, 4.69) is 26.2 Å². The SMILES string of the molecule is Cc1ccc(-n2nnnc2SCC(=O)c2cc(C)n(Cc3ccc4c(c3)OCO4)c2C)c(C)c1. The number of fused-ring (bicyclic) bond motifs is 1. The van der Waals surface area contributed by atoms with Gasteiger partial charge in [0.25, 0.3) is 0 Å². The average molecular weight is 476 g/mol. The highest BCUT2D eigenvalue weighted by Gasteiger charge is 2.20. The largest absolute Gasteiger partial charge is 0.454 e. The van der Waals surface area contributed by atoms with Crippen molar-refractivity contribution in [3.8, 4) is 17.2 Å². The third kappa shape index (κ3) is 4.19. The molecule has 0 unspecified atom stereocenters. The Morgan fingerprint density at radius 1 is 1.03 bits per heavy atom. The number of carbonyl (C=O) groups is 1. The number of hydrogen-bond donors (Lipinski definition) is 0. The molecule has 0 bridgehead atoms. The van der Waals surface area contributed by atoms with Crippen LogP contribution in [0.2, 0.25) is 0 Å². The van der Waals surface area contributed by atoms with Crippen molar-refractivity contribution in [2.24, 2.45) is 0 Å². The van der Waals surface area contributed by atoms with Crippen molar-refractivity contribution >= 4 is 17.5 Å². The van der Waals surface area contributed by atoms with Gasteiger partial charge in [0.1, 0.15) is 0 Å². The third-order valence-corrected chi connectivity index (χ3v) is 6.92. The number of ether oxygens (including phenoxy) is 2. The second kappa shape index (κ2) is 8.98. The van der Waals surface area contributed by atoms with Gasteiger partial charge >= 0.3 is 0 Å². The highest BCUT2D eigenvalue weighted by Crippen LogP contribution is 2.33. The molecule has 0 saturated carbocycles. The Morgan fingerprint density at radius 3 is 2.68 bits per heavy atom. The first-order chi connectivity index (χ1) is 16.4. The second-order valence-electron chi connectivity index (χ2n) is 8.43. The van der Waals surface area contributed by atoms with E-state index in [1.807, 2.05) is 64.1 Å². The highest BCUT2D eigenvalue weighted by atomic mass is 32.2. The number of carbonyl (C=O) groups excluding carboxylic acids is 1. The molecule has 8 nitrogen and oxygen atoms in total. The molecule has 34 heavy (non-hydrogen) atoms. The van der Waals surface area contributed by atoms with E-state index in [1.165, 1.54) is 17.3 Å². The van der Waals surface area contributed by atoms with Gasteiger partial charge in [-0.2, -0.15) is 4.68 Å². The fourth-order valence-electron chi connectivity index (χ4n) is 4.22. The summed E-state index contributed by atoms with van der Waals surface area (Å²) >= 11 is 1.34. The van der Waals surface area contributed by atoms with Crippen LogP contribution >= 0.6 is 11.8 Å². The van der Waals surface area contributed by atoms with Crippen molar-refractivity contribution in [3.05, 3.63) is 76.1 Å². The smallest absolute Gasteiger partial charge is 0.231 e. The molecule has 1 aliphatic heterocycles. The number of aryl methyl sites for hydroxylation is 3. The maximum absolute atomic E-state index is 13.1. The summed E-state index contributed by atoms with van der Waals surface area (Å²) in [6, 6.07) is 14.0. The van der Waals surface area contributed by atoms with Gasteiger partial charge in [-0.25, -0.2) is 0 Å². The Hall–Kier alpha value is -3.59. The lowest BCUT2D eigenvalue weighted by Gasteiger charge is -2.11. The first-order valence-corrected chi connectivity index (χ1v) is 12.0. The molecule has 174 valence electrons. The van der Waals surface area contributed by atoms with Crippen molar-refractivity contribution in [1.29, 1.82) is 0 Å². The summed E-state index contributed by atoms with van der Waals surface area (Å²) in [4.78, 5) is 13.1. The van der Waals surface area contributed by atoms with E-state index in [0.717, 1.165) is 45.3 Å². The number of thioether (sulfide) groups is 1. The van der Waals surface area contributed by atoms with Crippen LogP contribution in [0.3, 0.4) is 0 Å². The van der Waals surface area contributed by atoms with Gasteiger partial charge in [-0.05, 0) is 73.5 Å². The lowest BCUT2D eigenvalue weighted by molar-refractivity contribution is 0.102. The van der Waals surface area contributed by atoms with Gasteiger partial charge in [-0.3, -0.25) is 4.79 Å². The number of tetrazole rings is 1. The Kier molecular flexibility index (Phi) is 5.87. The van der Waals surface area contributed by atoms with Crippen molar-refractivity contribution in [2.45, 2.75) is 39.4 Å². The molecule has 5 rings (SSSR count). The predicted molar refractivity (Wildman–Crippen MR) is 129 cm³/mol. The van der Waals surface area contributed by atoms with Gasteiger partial charge in [-0.1, -0.05) is 35.5 Å². The van der Waals surface area contributed by atoms with E-state index < -0.39 is 0 Å². The maximum Gasteiger partial charge on any atom is 0.231 e. The van der Waals surface area contributed by atoms with Gasteiger partial charge in [-0.15, -0.1) is 5.10 Å². The predicted octanol–water partition coefficient (Wildman–Crippen LogP) is 4.45. The van der Waals surface area contributed by atoms with Crippen molar-refractivity contribution < 1.29 is 14.3 Å². The molecular weight excluding hydrogens is 450 g/mol. The molecule has 0 fully saturated rings. The summed E-state index contributed by atoms with van der Waals surface area (Å²) in [7, 11) is 0. The number of nitrogens with zero attached hydrogens (tertiary/aromatic N) is 5. The molecule has 2 aromatic carbocycles. The van der Waals surface area contributed by atoms with E-state index in [1.54, 1.807) is 4.68 Å². The number of Topliss-reactive ketones (excluding diaryl/α,β-unsaturated/α-hetero) is 1. The van der Waals surface area contributed by atoms with Gasteiger partial charge < -0.3 is 14.0 Å². The van der Waals surface area contributed by atoms with Gasteiger partial charge in [0, 0.05) is 23.5 Å². The zero-order valence-electron chi connectivity index (χ0n) is 19.5. The molecule has 4 aromatic rings. The minimum absolute atomic E-state index is 0.0465. The lowest BCUT2D eigenvalue weighted by atomic mass is 10.1. The topological polar surface area (TPSA) is 84.1 Å². The van der Waals surface area contributed by atoms with E-state index in [0.29, 0.717) is 11.7 Å². The number of ketones is 1. The maximum atomic E-state index is 13.1. The second-order valence-corrected chi connectivity index (χ2v) is 9.38. The molecule has 2 aromatic heterocycles. The summed E-state index contributed by atoms with van der Waals surface area (Å²) in [5.41, 5.74) is 6.94. The van der Waals surface area contributed by atoms with Crippen LogP contribution in [0.4, 0.5) is 0 Å².